The van der Waals surface area contributed by atoms with Crippen LogP contribution < -0.4 is 5.69 Å². The molecule has 0 radical (unpaired) electrons. The van der Waals surface area contributed by atoms with Crippen molar-refractivity contribution in [3.8, 4) is 0 Å². The van der Waals surface area contributed by atoms with Crippen LogP contribution in [0.1, 0.15) is 36.9 Å². The number of rotatable bonds is 3. The molecule has 1 aliphatic heterocycles. The highest BCUT2D eigenvalue weighted by atomic mass is 32.2. The summed E-state index contributed by atoms with van der Waals surface area (Å²) in [4.78, 5) is 16.5. The molecule has 1 saturated heterocycles. The summed E-state index contributed by atoms with van der Waals surface area (Å²) >= 11 is 1.59. The van der Waals surface area contributed by atoms with Crippen LogP contribution >= 0.6 is 11.8 Å². The molecule has 0 bridgehead atoms. The molecule has 1 fully saturated rings. The lowest BCUT2D eigenvalue weighted by molar-refractivity contribution is 0.0947. The Morgan fingerprint density at radius 1 is 1.37 bits per heavy atom. The molecular formula is C14H20N2O2S. The molecule has 1 atom stereocenters. The number of nitrogens with zero attached hydrogens (tertiary/aromatic N) is 2. The third-order valence-electron chi connectivity index (χ3n) is 4.05. The van der Waals surface area contributed by atoms with Crippen LogP contribution in [-0.2, 0) is 24.1 Å². The molecule has 5 heteroatoms. The van der Waals surface area contributed by atoms with E-state index in [1.54, 1.807) is 11.8 Å². The van der Waals surface area contributed by atoms with E-state index in [2.05, 4.69) is 4.98 Å². The summed E-state index contributed by atoms with van der Waals surface area (Å²) in [6.07, 6.45) is 8.82. The number of fused-ring (bicyclic) bond motifs is 1. The standard InChI is InChI=1S/C14H20N2O2S/c1-19-13-11-6-2-3-7-12(11)16(14(17)15-13)9-10-5-4-8-18-10/h10H,2-9H2,1H3. The van der Waals surface area contributed by atoms with Gasteiger partial charge in [-0.25, -0.2) is 4.79 Å². The van der Waals surface area contributed by atoms with E-state index < -0.39 is 0 Å². The molecule has 1 unspecified atom stereocenters. The fraction of sp³-hybridized carbons (Fsp3) is 0.714. The predicted molar refractivity (Wildman–Crippen MR) is 75.9 cm³/mol. The Labute approximate surface area is 117 Å². The minimum Gasteiger partial charge on any atom is -0.376 e. The number of hydrogen-bond donors (Lipinski definition) is 0. The first-order valence-electron chi connectivity index (χ1n) is 7.08. The van der Waals surface area contributed by atoms with E-state index in [1.165, 1.54) is 24.1 Å². The molecule has 0 aromatic carbocycles. The van der Waals surface area contributed by atoms with E-state index >= 15 is 0 Å². The fourth-order valence-electron chi connectivity index (χ4n) is 3.10. The van der Waals surface area contributed by atoms with Gasteiger partial charge >= 0.3 is 5.69 Å². The van der Waals surface area contributed by atoms with Crippen LogP contribution in [-0.4, -0.2) is 28.5 Å². The Kier molecular flexibility index (Phi) is 3.93. The number of aromatic nitrogens is 2. The first-order valence-corrected chi connectivity index (χ1v) is 8.30. The zero-order valence-corrected chi connectivity index (χ0v) is 12.2. The van der Waals surface area contributed by atoms with Gasteiger partial charge in [0.15, 0.2) is 0 Å². The summed E-state index contributed by atoms with van der Waals surface area (Å²) in [7, 11) is 0. The molecule has 1 aliphatic carbocycles. The molecule has 1 aromatic heterocycles. The summed E-state index contributed by atoms with van der Waals surface area (Å²) in [6, 6.07) is 0. The van der Waals surface area contributed by atoms with Crippen molar-refractivity contribution in [2.24, 2.45) is 0 Å². The lowest BCUT2D eigenvalue weighted by atomic mass is 9.97. The summed E-state index contributed by atoms with van der Waals surface area (Å²) in [6.45, 7) is 1.51. The minimum absolute atomic E-state index is 0.0968. The molecule has 1 aromatic rings. The SMILES string of the molecule is CSc1nc(=O)n(CC2CCCO2)c2c1CCCC2. The first kappa shape index (κ1) is 13.2. The minimum atomic E-state index is -0.0968. The fourth-order valence-corrected chi connectivity index (χ4v) is 3.73. The van der Waals surface area contributed by atoms with Gasteiger partial charge in [-0.2, -0.15) is 4.98 Å². The second-order valence-electron chi connectivity index (χ2n) is 5.28. The summed E-state index contributed by atoms with van der Waals surface area (Å²) in [5.41, 5.74) is 2.42. The van der Waals surface area contributed by atoms with E-state index in [0.717, 1.165) is 37.3 Å². The van der Waals surface area contributed by atoms with Gasteiger partial charge in [0.25, 0.3) is 0 Å². The Morgan fingerprint density at radius 2 is 2.21 bits per heavy atom. The average molecular weight is 280 g/mol. The third-order valence-corrected chi connectivity index (χ3v) is 4.78. The molecule has 4 nitrogen and oxygen atoms in total. The Bertz CT molecular complexity index is 521. The molecule has 0 amide bonds. The van der Waals surface area contributed by atoms with Crippen molar-refractivity contribution in [1.29, 1.82) is 0 Å². The van der Waals surface area contributed by atoms with Gasteiger partial charge in [0.1, 0.15) is 5.03 Å². The number of ether oxygens (including phenoxy) is 1. The van der Waals surface area contributed by atoms with E-state index in [1.807, 2.05) is 10.8 Å². The zero-order chi connectivity index (χ0) is 13.2. The van der Waals surface area contributed by atoms with Crippen LogP contribution in [0.5, 0.6) is 0 Å². The lowest BCUT2D eigenvalue weighted by Crippen LogP contribution is -2.33. The van der Waals surface area contributed by atoms with Crippen molar-refractivity contribution in [2.45, 2.75) is 56.2 Å². The van der Waals surface area contributed by atoms with Crippen molar-refractivity contribution in [3.63, 3.8) is 0 Å². The molecular weight excluding hydrogens is 260 g/mol. The average Bonchev–Trinajstić information content (AvgIpc) is 2.94. The zero-order valence-electron chi connectivity index (χ0n) is 11.4. The van der Waals surface area contributed by atoms with Gasteiger partial charge in [-0.1, -0.05) is 0 Å². The predicted octanol–water partition coefficient (Wildman–Crippen LogP) is 2.02. The van der Waals surface area contributed by atoms with Gasteiger partial charge < -0.3 is 4.74 Å². The van der Waals surface area contributed by atoms with Crippen molar-refractivity contribution >= 4 is 11.8 Å². The second kappa shape index (κ2) is 5.67. The molecule has 3 rings (SSSR count). The highest BCUT2D eigenvalue weighted by Crippen LogP contribution is 2.27. The monoisotopic (exact) mass is 280 g/mol. The van der Waals surface area contributed by atoms with Gasteiger partial charge in [-0.3, -0.25) is 4.57 Å². The summed E-state index contributed by atoms with van der Waals surface area (Å²) < 4.78 is 7.55. The topological polar surface area (TPSA) is 44.1 Å². The Hall–Kier alpha value is -0.810. The van der Waals surface area contributed by atoms with Crippen LogP contribution in [0.2, 0.25) is 0 Å². The van der Waals surface area contributed by atoms with E-state index in [9.17, 15) is 4.79 Å². The molecule has 104 valence electrons. The van der Waals surface area contributed by atoms with Crippen LogP contribution in [0, 0.1) is 0 Å². The van der Waals surface area contributed by atoms with Gasteiger partial charge in [0.2, 0.25) is 0 Å². The van der Waals surface area contributed by atoms with Crippen LogP contribution in [0.4, 0.5) is 0 Å². The maximum absolute atomic E-state index is 12.2. The largest absolute Gasteiger partial charge is 0.376 e. The number of thioether (sulfide) groups is 1. The molecule has 19 heavy (non-hydrogen) atoms. The molecule has 2 heterocycles. The van der Waals surface area contributed by atoms with E-state index in [4.69, 9.17) is 4.74 Å². The molecule has 0 N–H and O–H groups in total. The molecule has 0 spiro atoms. The highest BCUT2D eigenvalue weighted by molar-refractivity contribution is 7.98. The Balaban J connectivity index is 2.00. The summed E-state index contributed by atoms with van der Waals surface area (Å²) in [5, 5.41) is 0.934. The summed E-state index contributed by atoms with van der Waals surface area (Å²) in [5.74, 6) is 0. The van der Waals surface area contributed by atoms with Gasteiger partial charge in [-0.05, 0) is 44.8 Å². The second-order valence-corrected chi connectivity index (χ2v) is 6.08. The molecule has 2 aliphatic rings. The van der Waals surface area contributed by atoms with Crippen molar-refractivity contribution in [1.82, 2.24) is 9.55 Å². The maximum atomic E-state index is 12.2. The van der Waals surface area contributed by atoms with Gasteiger partial charge in [0.05, 0.1) is 12.6 Å². The van der Waals surface area contributed by atoms with Gasteiger partial charge in [-0.15, -0.1) is 11.8 Å². The van der Waals surface area contributed by atoms with Crippen molar-refractivity contribution in [2.75, 3.05) is 12.9 Å². The lowest BCUT2D eigenvalue weighted by Gasteiger charge is -2.23. The van der Waals surface area contributed by atoms with Crippen LogP contribution in [0.25, 0.3) is 0 Å². The number of hydrogen-bond acceptors (Lipinski definition) is 4. The van der Waals surface area contributed by atoms with Crippen LogP contribution in [0.15, 0.2) is 9.82 Å². The Morgan fingerprint density at radius 3 is 2.95 bits per heavy atom. The van der Waals surface area contributed by atoms with Crippen LogP contribution in [0.3, 0.4) is 0 Å². The van der Waals surface area contributed by atoms with E-state index in [-0.39, 0.29) is 11.8 Å². The quantitative estimate of drug-likeness (QED) is 0.627. The molecule has 0 saturated carbocycles. The maximum Gasteiger partial charge on any atom is 0.348 e. The third kappa shape index (κ3) is 2.58. The van der Waals surface area contributed by atoms with Crippen molar-refractivity contribution < 1.29 is 4.74 Å². The van der Waals surface area contributed by atoms with E-state index in [0.29, 0.717) is 6.54 Å². The first-order chi connectivity index (χ1) is 9.29. The normalized spacial score (nSPS) is 22.5. The smallest absolute Gasteiger partial charge is 0.348 e. The highest BCUT2D eigenvalue weighted by Gasteiger charge is 2.23. The van der Waals surface area contributed by atoms with Crippen molar-refractivity contribution in [3.05, 3.63) is 21.7 Å². The van der Waals surface area contributed by atoms with Gasteiger partial charge in [0, 0.05) is 17.9 Å².